The number of piperidine rings is 1. The molecule has 0 radical (unpaired) electrons. The van der Waals surface area contributed by atoms with E-state index in [1.807, 2.05) is 6.08 Å². The maximum Gasteiger partial charge on any atom is 0.0247 e. The molecule has 12 heavy (non-hydrogen) atoms. The molecule has 1 aliphatic heterocycles. The minimum absolute atomic E-state index is 0.297. The van der Waals surface area contributed by atoms with E-state index in [-0.39, 0.29) is 0 Å². The highest BCUT2D eigenvalue weighted by Gasteiger charge is 2.23. The fourth-order valence-corrected chi connectivity index (χ4v) is 2.00. The number of rotatable bonds is 3. The Balaban J connectivity index is 2.47. The fourth-order valence-electron chi connectivity index (χ4n) is 2.00. The van der Waals surface area contributed by atoms with Gasteiger partial charge in [0.05, 0.1) is 0 Å². The molecular formula is C10H20N2. The van der Waals surface area contributed by atoms with E-state index < -0.39 is 0 Å². The lowest BCUT2D eigenvalue weighted by atomic mass is 9.97. The van der Waals surface area contributed by atoms with Crippen molar-refractivity contribution >= 4 is 0 Å². The van der Waals surface area contributed by atoms with Gasteiger partial charge in [0, 0.05) is 18.6 Å². The van der Waals surface area contributed by atoms with E-state index in [2.05, 4.69) is 18.4 Å². The highest BCUT2D eigenvalue weighted by molar-refractivity contribution is 4.86. The van der Waals surface area contributed by atoms with Crippen LogP contribution in [-0.2, 0) is 0 Å². The van der Waals surface area contributed by atoms with Crippen molar-refractivity contribution in [2.75, 3.05) is 13.1 Å². The molecule has 0 amide bonds. The summed E-state index contributed by atoms with van der Waals surface area (Å²) >= 11 is 0. The third-order valence-corrected chi connectivity index (χ3v) is 2.63. The van der Waals surface area contributed by atoms with Crippen LogP contribution in [0.15, 0.2) is 12.7 Å². The molecule has 0 spiro atoms. The second-order valence-electron chi connectivity index (χ2n) is 3.71. The highest BCUT2D eigenvalue weighted by atomic mass is 15.2. The quantitative estimate of drug-likeness (QED) is 0.645. The second kappa shape index (κ2) is 4.63. The van der Waals surface area contributed by atoms with E-state index in [4.69, 9.17) is 5.73 Å². The predicted molar refractivity (Wildman–Crippen MR) is 53.1 cm³/mol. The summed E-state index contributed by atoms with van der Waals surface area (Å²) < 4.78 is 0. The first kappa shape index (κ1) is 9.75. The molecule has 2 nitrogen and oxygen atoms in total. The Kier molecular flexibility index (Phi) is 3.76. The number of nitrogens with two attached hydrogens (primary N) is 1. The van der Waals surface area contributed by atoms with Crippen LogP contribution < -0.4 is 5.73 Å². The normalized spacial score (nSPS) is 28.3. The summed E-state index contributed by atoms with van der Waals surface area (Å²) in [6, 6.07) is 0.877. The average Bonchev–Trinajstić information content (AvgIpc) is 2.05. The Bertz CT molecular complexity index is 143. The lowest BCUT2D eigenvalue weighted by molar-refractivity contribution is 0.146. The van der Waals surface area contributed by atoms with Gasteiger partial charge in [-0.15, -0.1) is 6.58 Å². The van der Waals surface area contributed by atoms with Gasteiger partial charge in [0.2, 0.25) is 0 Å². The lowest BCUT2D eigenvalue weighted by Gasteiger charge is -2.37. The van der Waals surface area contributed by atoms with Crippen LogP contribution in [0.5, 0.6) is 0 Å². The van der Waals surface area contributed by atoms with E-state index in [1.165, 1.54) is 25.8 Å². The van der Waals surface area contributed by atoms with Crippen LogP contribution in [0.2, 0.25) is 0 Å². The van der Waals surface area contributed by atoms with Crippen molar-refractivity contribution < 1.29 is 0 Å². The summed E-state index contributed by atoms with van der Waals surface area (Å²) in [6.07, 6.45) is 5.88. The van der Waals surface area contributed by atoms with Gasteiger partial charge in [-0.3, -0.25) is 4.90 Å². The van der Waals surface area contributed by atoms with Gasteiger partial charge >= 0.3 is 0 Å². The molecule has 1 aliphatic rings. The molecule has 1 fully saturated rings. The van der Waals surface area contributed by atoms with Gasteiger partial charge in [0.25, 0.3) is 0 Å². The van der Waals surface area contributed by atoms with Gasteiger partial charge in [-0.2, -0.15) is 0 Å². The minimum Gasteiger partial charge on any atom is -0.327 e. The van der Waals surface area contributed by atoms with Crippen molar-refractivity contribution in [3.63, 3.8) is 0 Å². The SMILES string of the molecule is C=CCN1CCCCC1C(C)N. The zero-order valence-corrected chi connectivity index (χ0v) is 8.00. The molecule has 1 saturated heterocycles. The van der Waals surface area contributed by atoms with Crippen molar-refractivity contribution in [3.05, 3.63) is 12.7 Å². The van der Waals surface area contributed by atoms with Gasteiger partial charge in [-0.05, 0) is 26.3 Å². The minimum atomic E-state index is 0.297. The molecule has 0 aromatic carbocycles. The lowest BCUT2D eigenvalue weighted by Crippen LogP contribution is -2.48. The van der Waals surface area contributed by atoms with Crippen LogP contribution in [-0.4, -0.2) is 30.1 Å². The molecule has 0 saturated carbocycles. The Morgan fingerprint density at radius 2 is 2.42 bits per heavy atom. The molecule has 70 valence electrons. The Morgan fingerprint density at radius 1 is 1.67 bits per heavy atom. The predicted octanol–water partition coefficient (Wildman–Crippen LogP) is 1.37. The standard InChI is InChI=1S/C10H20N2/c1-3-7-12-8-5-4-6-10(12)9(2)11/h3,9-10H,1,4-8,11H2,2H3. The molecule has 0 aliphatic carbocycles. The van der Waals surface area contributed by atoms with E-state index in [0.29, 0.717) is 12.1 Å². The first-order valence-electron chi connectivity index (χ1n) is 4.86. The Hall–Kier alpha value is -0.340. The number of hydrogen-bond donors (Lipinski definition) is 1. The molecule has 2 atom stereocenters. The zero-order chi connectivity index (χ0) is 8.97. The van der Waals surface area contributed by atoms with Gasteiger partial charge in [0.15, 0.2) is 0 Å². The van der Waals surface area contributed by atoms with Crippen LogP contribution in [0.3, 0.4) is 0 Å². The van der Waals surface area contributed by atoms with Crippen molar-refractivity contribution in [1.29, 1.82) is 0 Å². The summed E-state index contributed by atoms with van der Waals surface area (Å²) in [6.45, 7) is 8.05. The third-order valence-electron chi connectivity index (χ3n) is 2.63. The van der Waals surface area contributed by atoms with E-state index in [1.54, 1.807) is 0 Å². The average molecular weight is 168 g/mol. The number of likely N-dealkylation sites (tertiary alicyclic amines) is 1. The maximum atomic E-state index is 5.91. The molecular weight excluding hydrogens is 148 g/mol. The van der Waals surface area contributed by atoms with Crippen LogP contribution in [0, 0.1) is 0 Å². The van der Waals surface area contributed by atoms with E-state index in [0.717, 1.165) is 6.54 Å². The smallest absolute Gasteiger partial charge is 0.0247 e. The van der Waals surface area contributed by atoms with Crippen LogP contribution in [0.4, 0.5) is 0 Å². The second-order valence-corrected chi connectivity index (χ2v) is 3.71. The van der Waals surface area contributed by atoms with E-state index >= 15 is 0 Å². The number of nitrogens with zero attached hydrogens (tertiary/aromatic N) is 1. The molecule has 0 bridgehead atoms. The molecule has 1 rings (SSSR count). The largest absolute Gasteiger partial charge is 0.327 e. The van der Waals surface area contributed by atoms with Crippen molar-refractivity contribution in [2.45, 2.75) is 38.3 Å². The molecule has 2 N–H and O–H groups in total. The molecule has 2 unspecified atom stereocenters. The summed E-state index contributed by atoms with van der Waals surface area (Å²) in [7, 11) is 0. The summed E-state index contributed by atoms with van der Waals surface area (Å²) in [5, 5.41) is 0. The molecule has 0 aromatic heterocycles. The summed E-state index contributed by atoms with van der Waals surface area (Å²) in [5.41, 5.74) is 5.91. The third kappa shape index (κ3) is 2.32. The van der Waals surface area contributed by atoms with Crippen molar-refractivity contribution in [1.82, 2.24) is 4.90 Å². The Labute approximate surface area is 75.4 Å². The van der Waals surface area contributed by atoms with Crippen molar-refractivity contribution in [2.24, 2.45) is 5.73 Å². The van der Waals surface area contributed by atoms with Crippen LogP contribution >= 0.6 is 0 Å². The zero-order valence-electron chi connectivity index (χ0n) is 8.00. The van der Waals surface area contributed by atoms with Gasteiger partial charge in [-0.25, -0.2) is 0 Å². The molecule has 0 aromatic rings. The van der Waals surface area contributed by atoms with Gasteiger partial charge in [0.1, 0.15) is 0 Å². The molecule has 1 heterocycles. The molecule has 2 heteroatoms. The number of hydrogen-bond acceptors (Lipinski definition) is 2. The Morgan fingerprint density at radius 3 is 3.00 bits per heavy atom. The summed E-state index contributed by atoms with van der Waals surface area (Å²) in [5.74, 6) is 0. The van der Waals surface area contributed by atoms with Crippen LogP contribution in [0.25, 0.3) is 0 Å². The van der Waals surface area contributed by atoms with Gasteiger partial charge in [-0.1, -0.05) is 12.5 Å². The first-order valence-corrected chi connectivity index (χ1v) is 4.86. The maximum absolute atomic E-state index is 5.91. The summed E-state index contributed by atoms with van der Waals surface area (Å²) in [4.78, 5) is 2.45. The van der Waals surface area contributed by atoms with Crippen LogP contribution in [0.1, 0.15) is 26.2 Å². The monoisotopic (exact) mass is 168 g/mol. The fraction of sp³-hybridized carbons (Fsp3) is 0.800. The topological polar surface area (TPSA) is 29.3 Å². The van der Waals surface area contributed by atoms with E-state index in [9.17, 15) is 0 Å². The highest BCUT2D eigenvalue weighted by Crippen LogP contribution is 2.18. The van der Waals surface area contributed by atoms with Gasteiger partial charge < -0.3 is 5.73 Å². The first-order chi connectivity index (χ1) is 5.75. The van der Waals surface area contributed by atoms with Crippen molar-refractivity contribution in [3.8, 4) is 0 Å².